The fraction of sp³-hybridized carbons (Fsp3) is 0.600. The predicted molar refractivity (Wildman–Crippen MR) is 76.5 cm³/mol. The zero-order valence-electron chi connectivity index (χ0n) is 11.3. The molecule has 0 aliphatic rings. The Morgan fingerprint density at radius 1 is 1.06 bits per heavy atom. The van der Waals surface area contributed by atoms with Crippen molar-refractivity contribution in [3.63, 3.8) is 0 Å². The zero-order valence-corrected chi connectivity index (χ0v) is 12.1. The van der Waals surface area contributed by atoms with Gasteiger partial charge in [0, 0.05) is 17.1 Å². The molecule has 1 aromatic rings. The Morgan fingerprint density at radius 3 is 2.00 bits per heavy atom. The number of nitrogens with one attached hydrogen (secondary N) is 1. The average molecular weight is 254 g/mol. The molecule has 0 radical (unpaired) electrons. The van der Waals surface area contributed by atoms with Crippen molar-refractivity contribution in [3.8, 4) is 0 Å². The summed E-state index contributed by atoms with van der Waals surface area (Å²) in [6.07, 6.45) is 2.35. The van der Waals surface area contributed by atoms with Gasteiger partial charge in [0.15, 0.2) is 0 Å². The quantitative estimate of drug-likeness (QED) is 0.767. The van der Waals surface area contributed by atoms with Crippen LogP contribution < -0.4 is 5.32 Å². The van der Waals surface area contributed by atoms with Crippen molar-refractivity contribution in [3.05, 3.63) is 34.9 Å². The summed E-state index contributed by atoms with van der Waals surface area (Å²) in [6.45, 7) is 8.99. The Kier molecular flexibility index (Phi) is 6.01. The maximum absolute atomic E-state index is 5.94. The lowest BCUT2D eigenvalue weighted by atomic mass is 9.94. The second-order valence-electron chi connectivity index (χ2n) is 4.95. The van der Waals surface area contributed by atoms with Gasteiger partial charge in [-0.2, -0.15) is 0 Å². The molecule has 0 bridgehead atoms. The average Bonchev–Trinajstić information content (AvgIpc) is 2.32. The predicted octanol–water partition coefficient (Wildman–Crippen LogP) is 4.82. The third-order valence-corrected chi connectivity index (χ3v) is 3.55. The molecule has 2 heteroatoms. The van der Waals surface area contributed by atoms with Gasteiger partial charge in [-0.3, -0.25) is 0 Å². The summed E-state index contributed by atoms with van der Waals surface area (Å²) in [5, 5.41) is 4.55. The molecular weight excluding hydrogens is 230 g/mol. The Balaban J connectivity index is 2.82. The fourth-order valence-electron chi connectivity index (χ4n) is 2.12. The van der Waals surface area contributed by atoms with Crippen LogP contribution in [-0.2, 0) is 0 Å². The highest BCUT2D eigenvalue weighted by Gasteiger charge is 2.18. The molecule has 0 aliphatic carbocycles. The van der Waals surface area contributed by atoms with E-state index >= 15 is 0 Å². The molecule has 0 saturated heterocycles. The molecule has 0 aromatic heterocycles. The topological polar surface area (TPSA) is 12.0 Å². The molecule has 1 rings (SSSR count). The first-order valence-corrected chi connectivity index (χ1v) is 6.97. The zero-order chi connectivity index (χ0) is 12.8. The second kappa shape index (κ2) is 7.03. The van der Waals surface area contributed by atoms with Crippen LogP contribution in [0, 0.1) is 5.92 Å². The van der Waals surface area contributed by atoms with E-state index in [1.165, 1.54) is 18.4 Å². The van der Waals surface area contributed by atoms with Crippen LogP contribution >= 0.6 is 11.6 Å². The van der Waals surface area contributed by atoms with Gasteiger partial charge in [0.25, 0.3) is 0 Å². The van der Waals surface area contributed by atoms with Crippen LogP contribution in [0.25, 0.3) is 0 Å². The molecule has 0 amide bonds. The third kappa shape index (κ3) is 4.33. The second-order valence-corrected chi connectivity index (χ2v) is 5.39. The van der Waals surface area contributed by atoms with E-state index in [0.29, 0.717) is 18.0 Å². The summed E-state index contributed by atoms with van der Waals surface area (Å²) in [5.74, 6) is 0.580. The van der Waals surface area contributed by atoms with E-state index in [1.807, 2.05) is 12.1 Å². The third-order valence-electron chi connectivity index (χ3n) is 3.30. The van der Waals surface area contributed by atoms with Crippen molar-refractivity contribution in [2.75, 3.05) is 0 Å². The van der Waals surface area contributed by atoms with Crippen molar-refractivity contribution < 1.29 is 0 Å². The minimum absolute atomic E-state index is 0.414. The van der Waals surface area contributed by atoms with Crippen LogP contribution in [0.4, 0.5) is 0 Å². The first-order chi connectivity index (χ1) is 8.08. The lowest BCUT2D eigenvalue weighted by molar-refractivity contribution is 0.346. The van der Waals surface area contributed by atoms with E-state index in [1.54, 1.807) is 0 Å². The molecule has 0 fully saturated rings. The van der Waals surface area contributed by atoms with Crippen LogP contribution in [0.3, 0.4) is 0 Å². The molecule has 0 saturated carbocycles. The first kappa shape index (κ1) is 14.5. The maximum atomic E-state index is 5.94. The summed E-state index contributed by atoms with van der Waals surface area (Å²) in [6, 6.07) is 9.21. The van der Waals surface area contributed by atoms with Gasteiger partial charge in [0.2, 0.25) is 0 Å². The highest BCUT2D eigenvalue weighted by molar-refractivity contribution is 6.30. The molecule has 17 heavy (non-hydrogen) atoms. The van der Waals surface area contributed by atoms with E-state index in [2.05, 4.69) is 45.1 Å². The van der Waals surface area contributed by atoms with E-state index in [0.717, 1.165) is 5.02 Å². The Labute approximate surface area is 111 Å². The minimum Gasteiger partial charge on any atom is -0.307 e. The van der Waals surface area contributed by atoms with Crippen LogP contribution in [0.5, 0.6) is 0 Å². The monoisotopic (exact) mass is 253 g/mol. The van der Waals surface area contributed by atoms with Crippen molar-refractivity contribution in [1.29, 1.82) is 0 Å². The summed E-state index contributed by atoms with van der Waals surface area (Å²) in [5.41, 5.74) is 1.33. The highest BCUT2D eigenvalue weighted by Crippen LogP contribution is 2.24. The van der Waals surface area contributed by atoms with Crippen molar-refractivity contribution in [2.24, 2.45) is 5.92 Å². The van der Waals surface area contributed by atoms with Gasteiger partial charge in [0.05, 0.1) is 0 Å². The standard InChI is InChI=1S/C15H24ClN/c1-5-14(6-2)17-15(11(3)4)12-7-9-13(16)10-8-12/h7-11,14-15,17H,5-6H2,1-4H3. The molecule has 1 nitrogen and oxygen atoms in total. The van der Waals surface area contributed by atoms with Crippen molar-refractivity contribution in [2.45, 2.75) is 52.6 Å². The fourth-order valence-corrected chi connectivity index (χ4v) is 2.25. The van der Waals surface area contributed by atoms with Crippen LogP contribution in [0.1, 0.15) is 52.1 Å². The first-order valence-electron chi connectivity index (χ1n) is 6.60. The molecule has 1 aromatic carbocycles. The number of hydrogen-bond acceptors (Lipinski definition) is 1. The van der Waals surface area contributed by atoms with E-state index < -0.39 is 0 Å². The Hall–Kier alpha value is -0.530. The van der Waals surface area contributed by atoms with Gasteiger partial charge < -0.3 is 5.32 Å². The SMILES string of the molecule is CCC(CC)NC(c1ccc(Cl)cc1)C(C)C. The molecular formula is C15H24ClN. The molecule has 1 unspecified atom stereocenters. The van der Waals surface area contributed by atoms with Crippen LogP contribution in [0.15, 0.2) is 24.3 Å². The van der Waals surface area contributed by atoms with Crippen LogP contribution in [-0.4, -0.2) is 6.04 Å². The summed E-state index contributed by atoms with van der Waals surface area (Å²) in [7, 11) is 0. The van der Waals surface area contributed by atoms with E-state index in [4.69, 9.17) is 11.6 Å². The molecule has 1 atom stereocenters. The van der Waals surface area contributed by atoms with Crippen molar-refractivity contribution in [1.82, 2.24) is 5.32 Å². The summed E-state index contributed by atoms with van der Waals surface area (Å²) >= 11 is 5.94. The Bertz CT molecular complexity index is 314. The summed E-state index contributed by atoms with van der Waals surface area (Å²) < 4.78 is 0. The van der Waals surface area contributed by atoms with Gasteiger partial charge in [0.1, 0.15) is 0 Å². The van der Waals surface area contributed by atoms with Crippen LogP contribution in [0.2, 0.25) is 5.02 Å². The molecule has 0 spiro atoms. The highest BCUT2D eigenvalue weighted by atomic mass is 35.5. The Morgan fingerprint density at radius 2 is 1.59 bits per heavy atom. The lowest BCUT2D eigenvalue weighted by Gasteiger charge is -2.28. The lowest BCUT2D eigenvalue weighted by Crippen LogP contribution is -2.34. The van der Waals surface area contributed by atoms with E-state index in [9.17, 15) is 0 Å². The molecule has 0 aliphatic heterocycles. The van der Waals surface area contributed by atoms with Gasteiger partial charge in [-0.15, -0.1) is 0 Å². The van der Waals surface area contributed by atoms with Crippen molar-refractivity contribution >= 4 is 11.6 Å². The minimum atomic E-state index is 0.414. The van der Waals surface area contributed by atoms with Gasteiger partial charge in [-0.25, -0.2) is 0 Å². The molecule has 96 valence electrons. The number of rotatable bonds is 6. The number of hydrogen-bond donors (Lipinski definition) is 1. The van der Waals surface area contributed by atoms with Gasteiger partial charge in [-0.05, 0) is 36.5 Å². The summed E-state index contributed by atoms with van der Waals surface area (Å²) in [4.78, 5) is 0. The number of halogens is 1. The maximum Gasteiger partial charge on any atom is 0.0406 e. The number of benzene rings is 1. The molecule has 0 heterocycles. The van der Waals surface area contributed by atoms with Gasteiger partial charge in [-0.1, -0.05) is 51.4 Å². The van der Waals surface area contributed by atoms with E-state index in [-0.39, 0.29) is 0 Å². The smallest absolute Gasteiger partial charge is 0.0406 e. The normalized spacial score (nSPS) is 13.4. The molecule has 1 N–H and O–H groups in total. The van der Waals surface area contributed by atoms with Gasteiger partial charge >= 0.3 is 0 Å². The largest absolute Gasteiger partial charge is 0.307 e.